The Morgan fingerprint density at radius 3 is 1.83 bits per heavy atom. The maximum Gasteiger partial charge on any atom is 0.331 e. The van der Waals surface area contributed by atoms with Crippen molar-refractivity contribution in [2.45, 2.75) is 71.1 Å². The summed E-state index contributed by atoms with van der Waals surface area (Å²) < 4.78 is 0. The zero-order valence-corrected chi connectivity index (χ0v) is 12.2. The lowest BCUT2D eigenvalue weighted by Gasteiger charge is -2.15. The summed E-state index contributed by atoms with van der Waals surface area (Å²) in [5.74, 6) is 5.05. The third kappa shape index (κ3) is 10.4. The minimum atomic E-state index is -0.203. The standard InChI is InChI=1S/C14H31N3O/c1-3-4-5-6-7-8-9-10-11-12-13-17(2)14(18)16-15/h3-13,15H2,1-2H3,(H,16,18). The number of urea groups is 1. The van der Waals surface area contributed by atoms with Crippen LogP contribution in [0.25, 0.3) is 0 Å². The molecule has 0 saturated carbocycles. The topological polar surface area (TPSA) is 58.4 Å². The van der Waals surface area contributed by atoms with Crippen LogP contribution in [0.15, 0.2) is 0 Å². The van der Waals surface area contributed by atoms with Crippen molar-refractivity contribution in [2.75, 3.05) is 13.6 Å². The van der Waals surface area contributed by atoms with Crippen LogP contribution in [0.3, 0.4) is 0 Å². The summed E-state index contributed by atoms with van der Waals surface area (Å²) in [5, 5.41) is 0. The van der Waals surface area contributed by atoms with Crippen LogP contribution in [0.2, 0.25) is 0 Å². The van der Waals surface area contributed by atoms with E-state index in [1.165, 1.54) is 57.8 Å². The molecule has 0 aliphatic heterocycles. The number of carbonyl (C=O) groups excluding carboxylic acids is 1. The summed E-state index contributed by atoms with van der Waals surface area (Å²) in [6, 6.07) is -0.203. The average molecular weight is 257 g/mol. The third-order valence-corrected chi connectivity index (χ3v) is 3.32. The number of hydrogen-bond donors (Lipinski definition) is 2. The molecule has 0 spiro atoms. The summed E-state index contributed by atoms with van der Waals surface area (Å²) in [6.07, 6.45) is 13.1. The number of nitrogens with two attached hydrogens (primary N) is 1. The molecule has 108 valence electrons. The van der Waals surface area contributed by atoms with Gasteiger partial charge in [0.2, 0.25) is 0 Å². The zero-order chi connectivity index (χ0) is 13.6. The Labute approximate surface area is 112 Å². The first-order chi connectivity index (χ1) is 8.72. The third-order valence-electron chi connectivity index (χ3n) is 3.32. The van der Waals surface area contributed by atoms with Gasteiger partial charge < -0.3 is 4.90 Å². The number of nitrogens with zero attached hydrogens (tertiary/aromatic N) is 1. The molecule has 0 aromatic heterocycles. The molecular formula is C14H31N3O. The van der Waals surface area contributed by atoms with E-state index in [9.17, 15) is 4.79 Å². The number of unbranched alkanes of at least 4 members (excludes halogenated alkanes) is 9. The summed E-state index contributed by atoms with van der Waals surface area (Å²) >= 11 is 0. The van der Waals surface area contributed by atoms with Gasteiger partial charge in [0.15, 0.2) is 0 Å². The van der Waals surface area contributed by atoms with E-state index in [1.807, 2.05) is 0 Å². The van der Waals surface area contributed by atoms with Gasteiger partial charge in [0, 0.05) is 13.6 Å². The highest BCUT2D eigenvalue weighted by Gasteiger charge is 2.04. The fraction of sp³-hybridized carbons (Fsp3) is 0.929. The second-order valence-corrected chi connectivity index (χ2v) is 5.05. The molecule has 0 heterocycles. The van der Waals surface area contributed by atoms with Gasteiger partial charge in [-0.05, 0) is 6.42 Å². The van der Waals surface area contributed by atoms with Crippen LogP contribution in [0.1, 0.15) is 71.1 Å². The van der Waals surface area contributed by atoms with Gasteiger partial charge in [-0.2, -0.15) is 0 Å². The Bertz CT molecular complexity index is 197. The molecule has 2 amide bonds. The summed E-state index contributed by atoms with van der Waals surface area (Å²) in [7, 11) is 1.77. The SMILES string of the molecule is CCCCCCCCCCCCN(C)C(=O)NN. The van der Waals surface area contributed by atoms with E-state index in [1.54, 1.807) is 11.9 Å². The minimum Gasteiger partial charge on any atom is -0.327 e. The van der Waals surface area contributed by atoms with Crippen LogP contribution in [0, 0.1) is 0 Å². The predicted molar refractivity (Wildman–Crippen MR) is 77.2 cm³/mol. The van der Waals surface area contributed by atoms with Gasteiger partial charge in [0.05, 0.1) is 0 Å². The van der Waals surface area contributed by atoms with E-state index < -0.39 is 0 Å². The van der Waals surface area contributed by atoms with Crippen molar-refractivity contribution in [1.29, 1.82) is 0 Å². The highest BCUT2D eigenvalue weighted by molar-refractivity contribution is 5.72. The molecule has 0 aromatic rings. The van der Waals surface area contributed by atoms with Crippen LogP contribution in [0.4, 0.5) is 4.79 Å². The molecule has 18 heavy (non-hydrogen) atoms. The van der Waals surface area contributed by atoms with Crippen molar-refractivity contribution in [3.63, 3.8) is 0 Å². The Kier molecular flexibility index (Phi) is 12.1. The molecule has 0 aromatic carbocycles. The number of hydrogen-bond acceptors (Lipinski definition) is 2. The quantitative estimate of drug-likeness (QED) is 0.258. The normalized spacial score (nSPS) is 10.4. The zero-order valence-electron chi connectivity index (χ0n) is 12.2. The van der Waals surface area contributed by atoms with Crippen molar-refractivity contribution in [3.8, 4) is 0 Å². The highest BCUT2D eigenvalue weighted by atomic mass is 16.2. The maximum absolute atomic E-state index is 11.1. The van der Waals surface area contributed by atoms with Crippen molar-refractivity contribution >= 4 is 6.03 Å². The molecule has 3 N–H and O–H groups in total. The lowest BCUT2D eigenvalue weighted by atomic mass is 10.1. The number of hydrazine groups is 1. The molecule has 0 fully saturated rings. The lowest BCUT2D eigenvalue weighted by Crippen LogP contribution is -2.41. The second kappa shape index (κ2) is 12.7. The number of amides is 2. The van der Waals surface area contributed by atoms with Gasteiger partial charge in [0.1, 0.15) is 0 Å². The molecule has 4 nitrogen and oxygen atoms in total. The van der Waals surface area contributed by atoms with Crippen LogP contribution < -0.4 is 11.3 Å². The van der Waals surface area contributed by atoms with Gasteiger partial charge in [-0.25, -0.2) is 10.6 Å². The first-order valence-corrected chi connectivity index (χ1v) is 7.44. The van der Waals surface area contributed by atoms with E-state index in [4.69, 9.17) is 5.84 Å². The second-order valence-electron chi connectivity index (χ2n) is 5.05. The lowest BCUT2D eigenvalue weighted by molar-refractivity contribution is 0.208. The molecular weight excluding hydrogens is 226 g/mol. The Hall–Kier alpha value is -0.770. The van der Waals surface area contributed by atoms with Crippen molar-refractivity contribution in [1.82, 2.24) is 10.3 Å². The monoisotopic (exact) mass is 257 g/mol. The first-order valence-electron chi connectivity index (χ1n) is 7.44. The smallest absolute Gasteiger partial charge is 0.327 e. The molecule has 4 heteroatoms. The molecule has 0 atom stereocenters. The van der Waals surface area contributed by atoms with Crippen molar-refractivity contribution in [3.05, 3.63) is 0 Å². The van der Waals surface area contributed by atoms with Gasteiger partial charge in [-0.15, -0.1) is 0 Å². The average Bonchev–Trinajstić information content (AvgIpc) is 2.39. The van der Waals surface area contributed by atoms with Crippen LogP contribution in [0.5, 0.6) is 0 Å². The molecule has 0 rings (SSSR count). The van der Waals surface area contributed by atoms with Crippen LogP contribution in [-0.4, -0.2) is 24.5 Å². The molecule has 0 aliphatic rings. The largest absolute Gasteiger partial charge is 0.331 e. The molecule has 0 radical (unpaired) electrons. The Morgan fingerprint density at radius 1 is 0.944 bits per heavy atom. The van der Waals surface area contributed by atoms with E-state index in [2.05, 4.69) is 12.3 Å². The Morgan fingerprint density at radius 2 is 1.39 bits per heavy atom. The Balaban J connectivity index is 3.14. The maximum atomic E-state index is 11.1. The first kappa shape index (κ1) is 17.2. The summed E-state index contributed by atoms with van der Waals surface area (Å²) in [6.45, 7) is 3.04. The van der Waals surface area contributed by atoms with Gasteiger partial charge >= 0.3 is 6.03 Å². The fourth-order valence-electron chi connectivity index (χ4n) is 2.05. The van der Waals surface area contributed by atoms with E-state index in [0.717, 1.165) is 13.0 Å². The molecule has 0 saturated heterocycles. The summed E-state index contributed by atoms with van der Waals surface area (Å²) in [5.41, 5.74) is 2.14. The highest BCUT2D eigenvalue weighted by Crippen LogP contribution is 2.10. The summed E-state index contributed by atoms with van der Waals surface area (Å²) in [4.78, 5) is 12.7. The van der Waals surface area contributed by atoms with Gasteiger partial charge in [0.25, 0.3) is 0 Å². The molecule has 0 aliphatic carbocycles. The molecule has 0 unspecified atom stereocenters. The van der Waals surface area contributed by atoms with Crippen molar-refractivity contribution in [2.24, 2.45) is 5.84 Å². The van der Waals surface area contributed by atoms with Crippen LogP contribution >= 0.6 is 0 Å². The van der Waals surface area contributed by atoms with Gasteiger partial charge in [-0.3, -0.25) is 5.43 Å². The molecule has 0 bridgehead atoms. The number of nitrogens with one attached hydrogen (secondary N) is 1. The van der Waals surface area contributed by atoms with Crippen LogP contribution in [-0.2, 0) is 0 Å². The predicted octanol–water partition coefficient (Wildman–Crippen LogP) is 3.42. The minimum absolute atomic E-state index is 0.203. The fourth-order valence-corrected chi connectivity index (χ4v) is 2.05. The van der Waals surface area contributed by atoms with E-state index in [0.29, 0.717) is 0 Å². The van der Waals surface area contributed by atoms with E-state index in [-0.39, 0.29) is 6.03 Å². The number of carbonyl (C=O) groups is 1. The van der Waals surface area contributed by atoms with Crippen molar-refractivity contribution < 1.29 is 4.79 Å². The number of rotatable bonds is 11. The van der Waals surface area contributed by atoms with Gasteiger partial charge in [-0.1, -0.05) is 64.7 Å². The van der Waals surface area contributed by atoms with E-state index >= 15 is 0 Å².